The van der Waals surface area contributed by atoms with Crippen LogP contribution in [0.4, 0.5) is 13.2 Å². The molecular weight excluding hydrogens is 611 g/mol. The van der Waals surface area contributed by atoms with Crippen LogP contribution in [0.5, 0.6) is 11.5 Å². The molecule has 0 bridgehead atoms. The zero-order chi connectivity index (χ0) is 33.1. The van der Waals surface area contributed by atoms with E-state index in [1.54, 1.807) is 11.0 Å². The first-order valence-electron chi connectivity index (χ1n) is 16.4. The maximum atomic E-state index is 15.5. The summed E-state index contributed by atoms with van der Waals surface area (Å²) in [6.45, 7) is 7.57. The molecule has 3 aliphatic heterocycles. The van der Waals surface area contributed by atoms with Gasteiger partial charge in [0.25, 0.3) is 5.91 Å². The number of nitrogens with zero attached hydrogens (tertiary/aromatic N) is 4. The van der Waals surface area contributed by atoms with Gasteiger partial charge in [0.15, 0.2) is 0 Å². The molecule has 47 heavy (non-hydrogen) atoms. The van der Waals surface area contributed by atoms with E-state index in [0.717, 1.165) is 70.2 Å². The highest BCUT2D eigenvalue weighted by Crippen LogP contribution is 2.34. The van der Waals surface area contributed by atoms with Gasteiger partial charge in [-0.15, -0.1) is 0 Å². The predicted octanol–water partition coefficient (Wildman–Crippen LogP) is 5.97. The molecule has 3 aromatic rings. The predicted molar refractivity (Wildman–Crippen MR) is 169 cm³/mol. The lowest BCUT2D eigenvalue weighted by Crippen LogP contribution is -2.49. The Labute approximate surface area is 272 Å². The molecule has 1 aromatic heterocycles. The van der Waals surface area contributed by atoms with Crippen LogP contribution < -0.4 is 10.1 Å². The van der Waals surface area contributed by atoms with Crippen LogP contribution in [0, 0.1) is 17.5 Å². The summed E-state index contributed by atoms with van der Waals surface area (Å²) in [6, 6.07) is 7.96. The van der Waals surface area contributed by atoms with E-state index in [4.69, 9.17) is 9.47 Å². The highest BCUT2D eigenvalue weighted by atomic mass is 19.1. The minimum Gasteiger partial charge on any atom is -0.457 e. The van der Waals surface area contributed by atoms with Gasteiger partial charge < -0.3 is 24.6 Å². The van der Waals surface area contributed by atoms with Crippen molar-refractivity contribution in [1.29, 1.82) is 0 Å². The van der Waals surface area contributed by atoms with Crippen LogP contribution in [0.2, 0.25) is 0 Å². The molecule has 4 heterocycles. The van der Waals surface area contributed by atoms with E-state index in [0.29, 0.717) is 31.1 Å². The van der Waals surface area contributed by atoms with Gasteiger partial charge in [-0.3, -0.25) is 9.59 Å². The molecule has 12 heteroatoms. The Bertz CT molecular complexity index is 1580. The molecule has 2 aromatic carbocycles. The largest absolute Gasteiger partial charge is 0.457 e. The number of carbonyl (C=O) groups excluding carboxylic acids is 2. The summed E-state index contributed by atoms with van der Waals surface area (Å²) in [5.74, 6) is -3.36. The minimum atomic E-state index is -0.921. The van der Waals surface area contributed by atoms with Crippen molar-refractivity contribution in [2.24, 2.45) is 0 Å². The molecule has 0 saturated carbocycles. The van der Waals surface area contributed by atoms with Gasteiger partial charge in [-0.05, 0) is 62.3 Å². The lowest BCUT2D eigenvalue weighted by atomic mass is 9.99. The first-order valence-corrected chi connectivity index (χ1v) is 16.4. The normalized spacial score (nSPS) is 18.3. The van der Waals surface area contributed by atoms with E-state index in [1.807, 2.05) is 13.8 Å². The minimum absolute atomic E-state index is 0.0261. The zero-order valence-electron chi connectivity index (χ0n) is 26.7. The Kier molecular flexibility index (Phi) is 10.1. The van der Waals surface area contributed by atoms with Crippen molar-refractivity contribution in [2.45, 2.75) is 76.9 Å². The average Bonchev–Trinajstić information content (AvgIpc) is 3.46. The average molecular weight is 652 g/mol. The molecule has 250 valence electrons. The quantitative estimate of drug-likeness (QED) is 0.305. The Balaban J connectivity index is 1.22. The van der Waals surface area contributed by atoms with Crippen LogP contribution in [0.15, 0.2) is 36.4 Å². The Hall–Kier alpha value is -4.03. The van der Waals surface area contributed by atoms with E-state index in [1.165, 1.54) is 12.1 Å². The van der Waals surface area contributed by atoms with Gasteiger partial charge in [-0.1, -0.05) is 13.8 Å². The van der Waals surface area contributed by atoms with E-state index < -0.39 is 23.4 Å². The lowest BCUT2D eigenvalue weighted by Gasteiger charge is -2.39. The van der Waals surface area contributed by atoms with Crippen molar-refractivity contribution in [1.82, 2.24) is 25.3 Å². The van der Waals surface area contributed by atoms with Gasteiger partial charge in [-0.2, -0.15) is 10.2 Å². The number of hydrogen-bond acceptors (Lipinski definition) is 7. The van der Waals surface area contributed by atoms with Gasteiger partial charge in [0.2, 0.25) is 5.91 Å². The number of hydrogen-bond donors (Lipinski definition) is 1. The molecule has 2 amide bonds. The molecule has 0 atom stereocenters. The summed E-state index contributed by atoms with van der Waals surface area (Å²) < 4.78 is 57.6. The van der Waals surface area contributed by atoms with E-state index in [-0.39, 0.29) is 58.3 Å². The van der Waals surface area contributed by atoms with Crippen LogP contribution >= 0.6 is 0 Å². The molecule has 3 aliphatic rings. The number of rotatable bonds is 9. The smallest absolute Gasteiger partial charge is 0.254 e. The fourth-order valence-electron chi connectivity index (χ4n) is 6.55. The number of carbonyl (C=O) groups is 2. The number of aromatic nitrogens is 2. The fourth-order valence-corrected chi connectivity index (χ4v) is 6.55. The van der Waals surface area contributed by atoms with Crippen molar-refractivity contribution in [2.75, 3.05) is 32.8 Å². The van der Waals surface area contributed by atoms with Gasteiger partial charge in [-0.25, -0.2) is 13.2 Å². The third-order valence-electron chi connectivity index (χ3n) is 9.28. The highest BCUT2D eigenvalue weighted by molar-refractivity contribution is 5.95. The molecule has 1 N–H and O–H groups in total. The van der Waals surface area contributed by atoms with Crippen molar-refractivity contribution in [3.8, 4) is 22.8 Å². The lowest BCUT2D eigenvalue weighted by molar-refractivity contribution is -0.128. The summed E-state index contributed by atoms with van der Waals surface area (Å²) >= 11 is 0. The second-order valence-electron chi connectivity index (χ2n) is 12.8. The van der Waals surface area contributed by atoms with Crippen molar-refractivity contribution < 1.29 is 32.2 Å². The van der Waals surface area contributed by atoms with Gasteiger partial charge in [0, 0.05) is 75.6 Å². The summed E-state index contributed by atoms with van der Waals surface area (Å²) in [5, 5.41) is 11.0. The Morgan fingerprint density at radius 2 is 1.70 bits per heavy atom. The summed E-state index contributed by atoms with van der Waals surface area (Å²) in [4.78, 5) is 29.8. The van der Waals surface area contributed by atoms with Crippen LogP contribution in [0.3, 0.4) is 0 Å². The second-order valence-corrected chi connectivity index (χ2v) is 12.8. The maximum absolute atomic E-state index is 15.5. The van der Waals surface area contributed by atoms with Crippen LogP contribution in [-0.4, -0.2) is 76.7 Å². The number of halogens is 3. The molecule has 9 nitrogen and oxygen atoms in total. The maximum Gasteiger partial charge on any atom is 0.254 e. The fraction of sp³-hybridized carbons (Fsp3) is 0.486. The van der Waals surface area contributed by atoms with Gasteiger partial charge in [0.1, 0.15) is 29.0 Å². The van der Waals surface area contributed by atoms with Crippen molar-refractivity contribution >= 4 is 11.8 Å². The topological polar surface area (TPSA) is 96.9 Å². The van der Waals surface area contributed by atoms with Gasteiger partial charge >= 0.3 is 0 Å². The molecular formula is C35H40F3N5O4. The zero-order valence-corrected chi connectivity index (χ0v) is 26.7. The third kappa shape index (κ3) is 7.59. The summed E-state index contributed by atoms with van der Waals surface area (Å²) in [6.07, 6.45) is 4.51. The third-order valence-corrected chi connectivity index (χ3v) is 9.28. The number of piperidine rings is 1. The molecule has 6 rings (SSSR count). The highest BCUT2D eigenvalue weighted by Gasteiger charge is 2.29. The molecule has 3 saturated heterocycles. The van der Waals surface area contributed by atoms with Crippen molar-refractivity contribution in [3.05, 3.63) is 70.7 Å². The molecule has 0 radical (unpaired) electrons. The van der Waals surface area contributed by atoms with Crippen LogP contribution in [0.1, 0.15) is 79.9 Å². The van der Waals surface area contributed by atoms with Gasteiger partial charge in [0.05, 0.1) is 22.5 Å². The Morgan fingerprint density at radius 3 is 2.32 bits per heavy atom. The molecule has 3 fully saturated rings. The molecule has 0 spiro atoms. The van der Waals surface area contributed by atoms with Crippen molar-refractivity contribution in [3.63, 3.8) is 0 Å². The number of benzene rings is 2. The molecule has 0 aliphatic carbocycles. The first-order chi connectivity index (χ1) is 22.7. The van der Waals surface area contributed by atoms with E-state index in [2.05, 4.69) is 20.4 Å². The number of ether oxygens (including phenoxy) is 2. The first kappa shape index (κ1) is 32.9. The van der Waals surface area contributed by atoms with E-state index >= 15 is 13.2 Å². The van der Waals surface area contributed by atoms with Crippen LogP contribution in [-0.2, 0) is 16.1 Å². The number of likely N-dealkylation sites (tertiary alicyclic amines) is 2. The van der Waals surface area contributed by atoms with Crippen LogP contribution in [0.25, 0.3) is 11.3 Å². The standard InChI is InChI=1S/C35H40F3N5O4/c1-21(2)30-5-6-31(41-40-30)34-28(37)17-25(18-29(34)38)47-32-19-26(27(36)16-22(32)20-43-11-3-4-33(43)44)35(45)39-23-7-12-42(13-8-23)24-9-14-46-15-10-24/h5-6,16-19,21,23-24H,3-4,7-15,20H2,1-2H3,(H,39,45). The monoisotopic (exact) mass is 651 g/mol. The second kappa shape index (κ2) is 14.4. The molecule has 0 unspecified atom stereocenters. The number of amides is 2. The summed E-state index contributed by atoms with van der Waals surface area (Å²) in [7, 11) is 0. The Morgan fingerprint density at radius 1 is 0.979 bits per heavy atom. The SMILES string of the molecule is CC(C)c1ccc(-c2c(F)cc(Oc3cc(C(=O)NC4CCN(C5CCOCC5)CC4)c(F)cc3CN3CCCC3=O)cc2F)nn1. The summed E-state index contributed by atoms with van der Waals surface area (Å²) in [5.41, 5.74) is 0.393. The number of nitrogens with one attached hydrogen (secondary N) is 1. The van der Waals surface area contributed by atoms with E-state index in [9.17, 15) is 9.59 Å².